The van der Waals surface area contributed by atoms with Crippen LogP contribution in [-0.2, 0) is 6.18 Å². The van der Waals surface area contributed by atoms with Crippen LogP contribution in [0.3, 0.4) is 0 Å². The Morgan fingerprint density at radius 1 is 1.26 bits per heavy atom. The summed E-state index contributed by atoms with van der Waals surface area (Å²) in [7, 11) is 1.44. The molecule has 0 bridgehead atoms. The van der Waals surface area contributed by atoms with Gasteiger partial charge >= 0.3 is 6.18 Å². The number of ether oxygens (including phenoxy) is 1. The number of pyridine rings is 1. The van der Waals surface area contributed by atoms with E-state index in [4.69, 9.17) is 17.0 Å². The smallest absolute Gasteiger partial charge is 0.449 e. The van der Waals surface area contributed by atoms with Gasteiger partial charge in [-0.2, -0.15) is 13.2 Å². The van der Waals surface area contributed by atoms with Gasteiger partial charge in [0.1, 0.15) is 10.4 Å². The lowest BCUT2D eigenvalue weighted by Gasteiger charge is -2.09. The predicted molar refractivity (Wildman–Crippen MR) is 64.2 cm³/mol. The number of nitrogens with zero attached hydrogens (tertiary/aromatic N) is 2. The number of rotatable bonds is 2. The molecule has 0 spiro atoms. The molecule has 4 nitrogen and oxygen atoms in total. The Morgan fingerprint density at radius 3 is 2.63 bits per heavy atom. The van der Waals surface area contributed by atoms with Crippen molar-refractivity contribution in [2.45, 2.75) is 6.18 Å². The number of aromatic nitrogens is 3. The molecule has 19 heavy (non-hydrogen) atoms. The summed E-state index contributed by atoms with van der Waals surface area (Å²) < 4.78 is 42.7. The molecular formula is C11H8F3N3OS. The van der Waals surface area contributed by atoms with Gasteiger partial charge in [-0.1, -0.05) is 12.2 Å². The molecule has 0 aromatic carbocycles. The summed E-state index contributed by atoms with van der Waals surface area (Å²) in [6.45, 7) is 0. The molecule has 2 rings (SSSR count). The Hall–Kier alpha value is -1.96. The van der Waals surface area contributed by atoms with E-state index in [0.29, 0.717) is 11.3 Å². The van der Waals surface area contributed by atoms with Gasteiger partial charge in [0, 0.05) is 11.8 Å². The van der Waals surface area contributed by atoms with E-state index in [2.05, 4.69) is 15.0 Å². The number of aromatic amines is 1. The maximum atomic E-state index is 12.6. The van der Waals surface area contributed by atoms with Crippen LogP contribution in [-0.4, -0.2) is 22.1 Å². The lowest BCUT2D eigenvalue weighted by atomic mass is 10.2. The van der Waals surface area contributed by atoms with Crippen LogP contribution in [0.4, 0.5) is 13.2 Å². The van der Waals surface area contributed by atoms with Crippen molar-refractivity contribution in [2.75, 3.05) is 7.11 Å². The van der Waals surface area contributed by atoms with E-state index in [1.54, 1.807) is 6.07 Å². The number of nitrogens with one attached hydrogen (secondary N) is 1. The summed E-state index contributed by atoms with van der Waals surface area (Å²) in [5, 5.41) is 0. The Morgan fingerprint density at radius 2 is 2.00 bits per heavy atom. The van der Waals surface area contributed by atoms with Crippen molar-refractivity contribution in [3.8, 4) is 17.0 Å². The second kappa shape index (κ2) is 4.96. The van der Waals surface area contributed by atoms with E-state index >= 15 is 0 Å². The van der Waals surface area contributed by atoms with E-state index in [-0.39, 0.29) is 10.3 Å². The van der Waals surface area contributed by atoms with Crippen molar-refractivity contribution in [1.29, 1.82) is 0 Å². The summed E-state index contributed by atoms with van der Waals surface area (Å²) in [4.78, 5) is 9.32. The number of hydrogen-bond acceptors (Lipinski definition) is 4. The molecule has 0 atom stereocenters. The topological polar surface area (TPSA) is 50.8 Å². The SMILES string of the molecule is COc1cncc(-c2cc(=S)nc(C(F)(F)F)[nH]2)c1. The Kier molecular flexibility index (Phi) is 3.52. The van der Waals surface area contributed by atoms with Crippen LogP contribution in [0.5, 0.6) is 5.75 Å². The van der Waals surface area contributed by atoms with Crippen molar-refractivity contribution < 1.29 is 17.9 Å². The number of halogens is 3. The molecule has 0 saturated heterocycles. The molecule has 0 unspecified atom stereocenters. The average molecular weight is 287 g/mol. The largest absolute Gasteiger partial charge is 0.495 e. The van der Waals surface area contributed by atoms with Gasteiger partial charge < -0.3 is 9.72 Å². The van der Waals surface area contributed by atoms with Crippen LogP contribution in [0.25, 0.3) is 11.3 Å². The van der Waals surface area contributed by atoms with Gasteiger partial charge in [0.25, 0.3) is 0 Å². The highest BCUT2D eigenvalue weighted by molar-refractivity contribution is 7.71. The van der Waals surface area contributed by atoms with Crippen LogP contribution in [0.2, 0.25) is 0 Å². The fourth-order valence-corrected chi connectivity index (χ4v) is 1.63. The minimum absolute atomic E-state index is 0.149. The van der Waals surface area contributed by atoms with Gasteiger partial charge in [0.2, 0.25) is 5.82 Å². The second-order valence-electron chi connectivity index (χ2n) is 3.59. The first-order valence-electron chi connectivity index (χ1n) is 5.08. The molecule has 2 heterocycles. The van der Waals surface area contributed by atoms with Gasteiger partial charge in [-0.05, 0) is 12.1 Å². The maximum absolute atomic E-state index is 12.6. The number of hydrogen-bond donors (Lipinski definition) is 1. The maximum Gasteiger partial charge on any atom is 0.449 e. The minimum atomic E-state index is -4.59. The molecule has 8 heteroatoms. The molecule has 0 radical (unpaired) electrons. The third-order valence-electron chi connectivity index (χ3n) is 2.27. The standard InChI is InChI=1S/C11H8F3N3OS/c1-18-7-2-6(4-15-5-7)8-3-9(19)17-10(16-8)11(12,13)14/h2-5H,1H3,(H,16,17,19). The highest BCUT2D eigenvalue weighted by atomic mass is 32.1. The summed E-state index contributed by atoms with van der Waals surface area (Å²) in [5.74, 6) is -0.708. The van der Waals surface area contributed by atoms with Gasteiger partial charge in [-0.3, -0.25) is 4.98 Å². The summed E-state index contributed by atoms with van der Waals surface area (Å²) in [5.41, 5.74) is 0.608. The molecule has 0 amide bonds. The monoisotopic (exact) mass is 287 g/mol. The first kappa shape index (κ1) is 13.5. The van der Waals surface area contributed by atoms with Crippen LogP contribution < -0.4 is 4.74 Å². The van der Waals surface area contributed by atoms with Crippen molar-refractivity contribution in [1.82, 2.24) is 15.0 Å². The fraction of sp³-hybridized carbons (Fsp3) is 0.182. The van der Waals surface area contributed by atoms with E-state index in [9.17, 15) is 13.2 Å². The Bertz CT molecular complexity index is 654. The Labute approximate surface area is 111 Å². The van der Waals surface area contributed by atoms with Crippen LogP contribution >= 0.6 is 12.2 Å². The molecule has 0 saturated carbocycles. The van der Waals surface area contributed by atoms with Crippen molar-refractivity contribution in [3.05, 3.63) is 35.0 Å². The number of H-pyrrole nitrogens is 1. The second-order valence-corrected chi connectivity index (χ2v) is 4.01. The molecule has 2 aromatic heterocycles. The normalized spacial score (nSPS) is 11.4. The molecule has 100 valence electrons. The van der Waals surface area contributed by atoms with E-state index in [1.807, 2.05) is 0 Å². The summed E-state index contributed by atoms with van der Waals surface area (Å²) >= 11 is 4.73. The van der Waals surface area contributed by atoms with Gasteiger partial charge in [0.05, 0.1) is 19.0 Å². The molecular weight excluding hydrogens is 279 g/mol. The number of methoxy groups -OCH3 is 1. The minimum Gasteiger partial charge on any atom is -0.495 e. The zero-order valence-corrected chi connectivity index (χ0v) is 10.5. The molecule has 0 aliphatic heterocycles. The molecule has 0 aliphatic carbocycles. The van der Waals surface area contributed by atoms with Crippen molar-refractivity contribution in [2.24, 2.45) is 0 Å². The molecule has 2 aromatic rings. The number of alkyl halides is 3. The van der Waals surface area contributed by atoms with Gasteiger partial charge in [-0.25, -0.2) is 4.98 Å². The first-order chi connectivity index (χ1) is 8.90. The van der Waals surface area contributed by atoms with Gasteiger partial charge in [-0.15, -0.1) is 0 Å². The zero-order valence-electron chi connectivity index (χ0n) is 9.65. The van der Waals surface area contributed by atoms with Crippen LogP contribution in [0.15, 0.2) is 24.5 Å². The molecule has 0 aliphatic rings. The summed E-state index contributed by atoms with van der Waals surface area (Å²) in [6.07, 6.45) is -1.73. The highest BCUT2D eigenvalue weighted by Crippen LogP contribution is 2.28. The lowest BCUT2D eigenvalue weighted by Crippen LogP contribution is -2.11. The van der Waals surface area contributed by atoms with E-state index in [1.165, 1.54) is 25.6 Å². The third-order valence-corrected chi connectivity index (χ3v) is 2.48. The predicted octanol–water partition coefficient (Wildman–Crippen LogP) is 3.23. The Balaban J connectivity index is 2.56. The van der Waals surface area contributed by atoms with E-state index < -0.39 is 12.0 Å². The quantitative estimate of drug-likeness (QED) is 0.862. The third kappa shape index (κ3) is 3.08. The molecule has 0 fully saturated rings. The average Bonchev–Trinajstić information content (AvgIpc) is 2.37. The summed E-state index contributed by atoms with van der Waals surface area (Å²) in [6, 6.07) is 2.88. The van der Waals surface area contributed by atoms with Crippen LogP contribution in [0.1, 0.15) is 5.82 Å². The first-order valence-corrected chi connectivity index (χ1v) is 5.49. The van der Waals surface area contributed by atoms with Crippen molar-refractivity contribution in [3.63, 3.8) is 0 Å². The van der Waals surface area contributed by atoms with Crippen molar-refractivity contribution >= 4 is 12.2 Å². The lowest BCUT2D eigenvalue weighted by molar-refractivity contribution is -0.144. The van der Waals surface area contributed by atoms with Gasteiger partial charge in [0.15, 0.2) is 0 Å². The van der Waals surface area contributed by atoms with E-state index in [0.717, 1.165) is 0 Å². The zero-order chi connectivity index (χ0) is 14.0. The fourth-order valence-electron chi connectivity index (χ4n) is 1.43. The van der Waals surface area contributed by atoms with Crippen LogP contribution in [0, 0.1) is 4.64 Å². The molecule has 1 N–H and O–H groups in total. The highest BCUT2D eigenvalue weighted by Gasteiger charge is 2.34.